The van der Waals surface area contributed by atoms with Crippen LogP contribution in [0.2, 0.25) is 5.02 Å². The quantitative estimate of drug-likeness (QED) is 0.609. The van der Waals surface area contributed by atoms with Crippen molar-refractivity contribution < 1.29 is 23.4 Å². The number of aryl methyl sites for hydroxylation is 1. The van der Waals surface area contributed by atoms with E-state index in [4.69, 9.17) is 21.4 Å². The van der Waals surface area contributed by atoms with E-state index in [9.17, 15) is 13.6 Å². The van der Waals surface area contributed by atoms with E-state index >= 15 is 0 Å². The SMILES string of the molecule is O=C(O)CCc1ccc(OCC2=C(c3ccc(Cl)cc3)CCCC2)c(F)c1F. The zero-order valence-electron chi connectivity index (χ0n) is 15.3. The predicted octanol–water partition coefficient (Wildman–Crippen LogP) is 6.04. The van der Waals surface area contributed by atoms with E-state index in [0.29, 0.717) is 5.02 Å². The van der Waals surface area contributed by atoms with Crippen molar-refractivity contribution in [3.63, 3.8) is 0 Å². The number of carboxylic acids is 1. The minimum absolute atomic E-state index is 0.0333. The third-order valence-corrected chi connectivity index (χ3v) is 5.16. The van der Waals surface area contributed by atoms with Gasteiger partial charge in [-0.25, -0.2) is 4.39 Å². The van der Waals surface area contributed by atoms with Crippen LogP contribution in [0.15, 0.2) is 42.0 Å². The van der Waals surface area contributed by atoms with Crippen molar-refractivity contribution in [3.8, 4) is 5.75 Å². The number of halogens is 3. The molecule has 0 saturated heterocycles. The van der Waals surface area contributed by atoms with Gasteiger partial charge in [-0.2, -0.15) is 4.39 Å². The van der Waals surface area contributed by atoms with E-state index in [2.05, 4.69) is 0 Å². The molecule has 0 saturated carbocycles. The van der Waals surface area contributed by atoms with Crippen LogP contribution >= 0.6 is 11.6 Å². The Morgan fingerprint density at radius 2 is 1.75 bits per heavy atom. The van der Waals surface area contributed by atoms with E-state index in [1.165, 1.54) is 17.7 Å². The lowest BCUT2D eigenvalue weighted by Gasteiger charge is -2.21. The van der Waals surface area contributed by atoms with Gasteiger partial charge in [-0.15, -0.1) is 0 Å². The van der Waals surface area contributed by atoms with Gasteiger partial charge in [-0.3, -0.25) is 4.79 Å². The Morgan fingerprint density at radius 3 is 2.46 bits per heavy atom. The number of allylic oxidation sites excluding steroid dienone is 1. The Morgan fingerprint density at radius 1 is 1.04 bits per heavy atom. The van der Waals surface area contributed by atoms with Gasteiger partial charge in [0.1, 0.15) is 6.61 Å². The van der Waals surface area contributed by atoms with Crippen molar-refractivity contribution in [2.45, 2.75) is 38.5 Å². The van der Waals surface area contributed by atoms with E-state index in [-0.39, 0.29) is 30.8 Å². The summed E-state index contributed by atoms with van der Waals surface area (Å²) in [6.45, 7) is 0.183. The zero-order valence-corrected chi connectivity index (χ0v) is 16.1. The van der Waals surface area contributed by atoms with Crippen LogP contribution in [-0.2, 0) is 11.2 Å². The maximum atomic E-state index is 14.3. The molecule has 0 spiro atoms. The molecule has 148 valence electrons. The molecule has 0 fully saturated rings. The molecule has 2 aromatic carbocycles. The molecule has 0 bridgehead atoms. The highest BCUT2D eigenvalue weighted by atomic mass is 35.5. The lowest BCUT2D eigenvalue weighted by Crippen LogP contribution is -2.10. The molecule has 0 amide bonds. The lowest BCUT2D eigenvalue weighted by atomic mass is 9.88. The molecule has 0 unspecified atom stereocenters. The fraction of sp³-hybridized carbons (Fsp3) is 0.318. The maximum absolute atomic E-state index is 14.3. The van der Waals surface area contributed by atoms with Gasteiger partial charge in [-0.1, -0.05) is 29.8 Å². The van der Waals surface area contributed by atoms with Gasteiger partial charge in [0, 0.05) is 11.4 Å². The average Bonchev–Trinajstić information content (AvgIpc) is 2.69. The van der Waals surface area contributed by atoms with E-state index in [0.717, 1.165) is 36.8 Å². The van der Waals surface area contributed by atoms with Crippen LogP contribution in [0.1, 0.15) is 43.2 Å². The Hall–Kier alpha value is -2.40. The van der Waals surface area contributed by atoms with Crippen LogP contribution in [0.3, 0.4) is 0 Å². The number of carbonyl (C=O) groups is 1. The molecule has 0 radical (unpaired) electrons. The minimum Gasteiger partial charge on any atom is -0.486 e. The molecule has 0 aromatic heterocycles. The fourth-order valence-electron chi connectivity index (χ4n) is 3.41. The summed E-state index contributed by atoms with van der Waals surface area (Å²) in [6.07, 6.45) is 3.53. The number of ether oxygens (including phenoxy) is 1. The Bertz CT molecular complexity index is 891. The summed E-state index contributed by atoms with van der Waals surface area (Å²) in [4.78, 5) is 10.6. The molecule has 0 aliphatic heterocycles. The second-order valence-electron chi connectivity index (χ2n) is 6.83. The molecule has 6 heteroatoms. The minimum atomic E-state index is -1.08. The highest BCUT2D eigenvalue weighted by molar-refractivity contribution is 6.30. The Balaban J connectivity index is 1.77. The highest BCUT2D eigenvalue weighted by Crippen LogP contribution is 2.34. The fourth-order valence-corrected chi connectivity index (χ4v) is 3.54. The van der Waals surface area contributed by atoms with Crippen LogP contribution in [0, 0.1) is 11.6 Å². The summed E-state index contributed by atoms with van der Waals surface area (Å²) in [5, 5.41) is 9.36. The third kappa shape index (κ3) is 4.90. The third-order valence-electron chi connectivity index (χ3n) is 4.91. The molecule has 2 aromatic rings. The number of hydrogen-bond donors (Lipinski definition) is 1. The molecule has 0 atom stereocenters. The first-order valence-corrected chi connectivity index (χ1v) is 9.62. The van der Waals surface area contributed by atoms with Crippen molar-refractivity contribution in [2.24, 2.45) is 0 Å². The molecular formula is C22H21ClF2O3. The van der Waals surface area contributed by atoms with Crippen molar-refractivity contribution in [3.05, 3.63) is 69.8 Å². The summed E-state index contributed by atoms with van der Waals surface area (Å²) in [5.74, 6) is -3.34. The van der Waals surface area contributed by atoms with E-state index in [1.807, 2.05) is 24.3 Å². The predicted molar refractivity (Wildman–Crippen MR) is 105 cm³/mol. The van der Waals surface area contributed by atoms with Crippen LogP contribution < -0.4 is 4.74 Å². The van der Waals surface area contributed by atoms with Gasteiger partial charge in [0.15, 0.2) is 11.6 Å². The van der Waals surface area contributed by atoms with Crippen LogP contribution in [-0.4, -0.2) is 17.7 Å². The number of aliphatic carboxylic acids is 1. The second kappa shape index (κ2) is 9.20. The van der Waals surface area contributed by atoms with E-state index < -0.39 is 17.6 Å². The monoisotopic (exact) mass is 406 g/mol. The summed E-state index contributed by atoms with van der Waals surface area (Å²) >= 11 is 5.96. The number of benzene rings is 2. The van der Waals surface area contributed by atoms with Gasteiger partial charge in [0.25, 0.3) is 0 Å². The molecule has 1 aliphatic rings. The Labute approximate surface area is 167 Å². The van der Waals surface area contributed by atoms with Crippen LogP contribution in [0.25, 0.3) is 5.57 Å². The number of rotatable bonds is 7. The average molecular weight is 407 g/mol. The first kappa shape index (κ1) is 20.3. The lowest BCUT2D eigenvalue weighted by molar-refractivity contribution is -0.136. The van der Waals surface area contributed by atoms with E-state index in [1.54, 1.807) is 0 Å². The standard InChI is InChI=1S/C22H21ClF2O3/c23-17-9-5-14(6-10-17)18-4-2-1-3-16(18)13-28-19-11-7-15(8-12-20(26)27)21(24)22(19)25/h5-7,9-11H,1-4,8,12-13H2,(H,26,27). The molecule has 0 heterocycles. The van der Waals surface area contributed by atoms with Crippen molar-refractivity contribution >= 4 is 23.1 Å². The first-order valence-electron chi connectivity index (χ1n) is 9.24. The summed E-state index contributed by atoms with van der Waals surface area (Å²) in [6, 6.07) is 10.3. The summed E-state index contributed by atoms with van der Waals surface area (Å²) in [5.41, 5.74) is 3.34. The highest BCUT2D eigenvalue weighted by Gasteiger charge is 2.18. The van der Waals surface area contributed by atoms with Crippen molar-refractivity contribution in [1.29, 1.82) is 0 Å². The first-order chi connectivity index (χ1) is 13.5. The summed E-state index contributed by atoms with van der Waals surface area (Å²) < 4.78 is 34.1. The largest absolute Gasteiger partial charge is 0.486 e. The van der Waals surface area contributed by atoms with Gasteiger partial charge in [0.2, 0.25) is 5.82 Å². The molecular weight excluding hydrogens is 386 g/mol. The van der Waals surface area contributed by atoms with Crippen LogP contribution in [0.5, 0.6) is 5.75 Å². The topological polar surface area (TPSA) is 46.5 Å². The molecule has 1 N–H and O–H groups in total. The molecule has 3 nitrogen and oxygen atoms in total. The van der Waals surface area contributed by atoms with Crippen molar-refractivity contribution in [2.75, 3.05) is 6.61 Å². The van der Waals surface area contributed by atoms with Gasteiger partial charge >= 0.3 is 5.97 Å². The van der Waals surface area contributed by atoms with Gasteiger partial charge < -0.3 is 9.84 Å². The van der Waals surface area contributed by atoms with Gasteiger partial charge in [0.05, 0.1) is 0 Å². The Kier molecular flexibility index (Phi) is 6.68. The zero-order chi connectivity index (χ0) is 20.1. The number of carboxylic acid groups (broad SMARTS) is 1. The van der Waals surface area contributed by atoms with Crippen molar-refractivity contribution in [1.82, 2.24) is 0 Å². The second-order valence-corrected chi connectivity index (χ2v) is 7.27. The number of hydrogen-bond acceptors (Lipinski definition) is 2. The molecule has 1 aliphatic carbocycles. The maximum Gasteiger partial charge on any atom is 0.303 e. The molecule has 3 rings (SSSR count). The smallest absolute Gasteiger partial charge is 0.303 e. The summed E-state index contributed by atoms with van der Waals surface area (Å²) in [7, 11) is 0. The molecule has 28 heavy (non-hydrogen) atoms. The normalized spacial score (nSPS) is 14.2. The van der Waals surface area contributed by atoms with Gasteiger partial charge in [-0.05, 0) is 72.6 Å². The van der Waals surface area contributed by atoms with Crippen LogP contribution in [0.4, 0.5) is 8.78 Å².